The van der Waals surface area contributed by atoms with Gasteiger partial charge in [-0.3, -0.25) is 4.79 Å². The molecule has 0 saturated carbocycles. The van der Waals surface area contributed by atoms with Gasteiger partial charge in [0, 0.05) is 10.6 Å². The van der Waals surface area contributed by atoms with Crippen LogP contribution >= 0.6 is 23.4 Å². The summed E-state index contributed by atoms with van der Waals surface area (Å²) in [7, 11) is 0. The normalized spacial score (nSPS) is 12.0. The third-order valence-electron chi connectivity index (χ3n) is 3.85. The summed E-state index contributed by atoms with van der Waals surface area (Å²) < 4.78 is 14.3. The number of hydrogen-bond donors (Lipinski definition) is 2. The van der Waals surface area contributed by atoms with Crippen LogP contribution in [0.1, 0.15) is 18.5 Å². The molecule has 0 radical (unpaired) electrons. The van der Waals surface area contributed by atoms with Gasteiger partial charge >= 0.3 is 0 Å². The molecule has 0 aliphatic carbocycles. The molecule has 1 heterocycles. The fraction of sp³-hybridized carbons (Fsp3) is 0.167. The number of aromatic nitrogens is 3. The van der Waals surface area contributed by atoms with E-state index in [1.165, 1.54) is 28.6 Å². The van der Waals surface area contributed by atoms with E-state index in [0.717, 1.165) is 5.56 Å². The van der Waals surface area contributed by atoms with E-state index in [4.69, 9.17) is 17.4 Å². The number of amides is 1. The predicted octanol–water partition coefficient (Wildman–Crippen LogP) is 3.42. The second-order valence-corrected chi connectivity index (χ2v) is 7.19. The summed E-state index contributed by atoms with van der Waals surface area (Å²) in [5, 5.41) is 12.0. The van der Waals surface area contributed by atoms with Crippen molar-refractivity contribution in [2.45, 2.75) is 18.1 Å². The minimum atomic E-state index is -0.345. The van der Waals surface area contributed by atoms with Gasteiger partial charge < -0.3 is 11.2 Å². The maximum atomic E-state index is 13.0. The van der Waals surface area contributed by atoms with Crippen LogP contribution < -0.4 is 11.2 Å². The number of hydrogen-bond acceptors (Lipinski definition) is 5. The fourth-order valence-electron chi connectivity index (χ4n) is 2.42. The van der Waals surface area contributed by atoms with E-state index in [1.807, 2.05) is 19.1 Å². The first-order chi connectivity index (χ1) is 12.9. The maximum absolute atomic E-state index is 13.0. The Morgan fingerprint density at radius 1 is 1.22 bits per heavy atom. The Bertz CT molecular complexity index is 930. The van der Waals surface area contributed by atoms with Crippen molar-refractivity contribution < 1.29 is 9.18 Å². The largest absolute Gasteiger partial charge is 0.349 e. The van der Waals surface area contributed by atoms with Crippen LogP contribution in [0.25, 0.3) is 11.4 Å². The number of nitrogen functional groups attached to an aromatic ring is 1. The Morgan fingerprint density at radius 2 is 1.89 bits per heavy atom. The van der Waals surface area contributed by atoms with Crippen molar-refractivity contribution in [1.82, 2.24) is 20.2 Å². The first-order valence-electron chi connectivity index (χ1n) is 8.08. The number of halogens is 2. The molecule has 3 aromatic rings. The zero-order valence-corrected chi connectivity index (χ0v) is 16.0. The lowest BCUT2D eigenvalue weighted by molar-refractivity contribution is -0.119. The second kappa shape index (κ2) is 8.41. The van der Waals surface area contributed by atoms with Crippen LogP contribution in [0.15, 0.2) is 53.7 Å². The molecule has 27 heavy (non-hydrogen) atoms. The van der Waals surface area contributed by atoms with Crippen LogP contribution in [0.2, 0.25) is 5.02 Å². The minimum Gasteiger partial charge on any atom is -0.349 e. The SMILES string of the molecule is C[C@H](NC(=O)CSc1nnc(-c2ccc(F)cc2)n1N)c1ccc(Cl)cc1. The zero-order valence-electron chi connectivity index (χ0n) is 14.4. The standard InChI is InChI=1S/C18H17ClFN5OS/c1-11(12-2-6-14(19)7-3-12)22-16(26)10-27-18-24-23-17(25(18)21)13-4-8-15(20)9-5-13/h2-9,11H,10,21H2,1H3,(H,22,26)/t11-/m0/s1. The molecule has 2 aromatic carbocycles. The van der Waals surface area contributed by atoms with Gasteiger partial charge in [0.2, 0.25) is 11.1 Å². The average molecular weight is 406 g/mol. The molecule has 0 unspecified atom stereocenters. The van der Waals surface area contributed by atoms with E-state index in [9.17, 15) is 9.18 Å². The summed E-state index contributed by atoms with van der Waals surface area (Å²) in [6.07, 6.45) is 0. The van der Waals surface area contributed by atoms with Crippen molar-refractivity contribution in [2.24, 2.45) is 0 Å². The van der Waals surface area contributed by atoms with Crippen LogP contribution in [-0.4, -0.2) is 26.5 Å². The molecule has 9 heteroatoms. The molecule has 0 saturated heterocycles. The Labute approximate surface area is 164 Å². The molecular weight excluding hydrogens is 389 g/mol. The second-order valence-electron chi connectivity index (χ2n) is 5.81. The summed E-state index contributed by atoms with van der Waals surface area (Å²) in [6, 6.07) is 12.9. The topological polar surface area (TPSA) is 85.8 Å². The molecule has 0 aliphatic rings. The summed E-state index contributed by atoms with van der Waals surface area (Å²) in [5.41, 5.74) is 1.59. The van der Waals surface area contributed by atoms with Gasteiger partial charge in [-0.25, -0.2) is 9.07 Å². The van der Waals surface area contributed by atoms with Crippen LogP contribution in [0.4, 0.5) is 4.39 Å². The number of carbonyl (C=O) groups excluding carboxylic acids is 1. The molecule has 0 bridgehead atoms. The van der Waals surface area contributed by atoms with Crippen molar-refractivity contribution in [3.63, 3.8) is 0 Å². The first kappa shape index (κ1) is 19.2. The molecule has 0 aliphatic heterocycles. The number of nitrogens with two attached hydrogens (primary N) is 1. The number of nitrogens with one attached hydrogen (secondary N) is 1. The van der Waals surface area contributed by atoms with Gasteiger partial charge in [0.05, 0.1) is 11.8 Å². The fourth-order valence-corrected chi connectivity index (χ4v) is 3.21. The zero-order chi connectivity index (χ0) is 19.4. The Morgan fingerprint density at radius 3 is 2.56 bits per heavy atom. The van der Waals surface area contributed by atoms with Crippen LogP contribution in [0, 0.1) is 5.82 Å². The van der Waals surface area contributed by atoms with Crippen molar-refractivity contribution in [1.29, 1.82) is 0 Å². The number of rotatable bonds is 6. The maximum Gasteiger partial charge on any atom is 0.230 e. The van der Waals surface area contributed by atoms with E-state index in [-0.39, 0.29) is 23.5 Å². The molecule has 0 spiro atoms. The highest BCUT2D eigenvalue weighted by atomic mass is 35.5. The molecular formula is C18H17ClFN5OS. The molecule has 140 valence electrons. The molecule has 1 aromatic heterocycles. The van der Waals surface area contributed by atoms with Crippen molar-refractivity contribution in [3.05, 3.63) is 64.9 Å². The number of benzene rings is 2. The monoisotopic (exact) mass is 405 g/mol. The third kappa shape index (κ3) is 4.78. The van der Waals surface area contributed by atoms with Gasteiger partial charge in [-0.15, -0.1) is 10.2 Å². The van der Waals surface area contributed by atoms with Crippen LogP contribution in [-0.2, 0) is 4.79 Å². The van der Waals surface area contributed by atoms with E-state index >= 15 is 0 Å². The van der Waals surface area contributed by atoms with Gasteiger partial charge in [0.15, 0.2) is 5.82 Å². The van der Waals surface area contributed by atoms with Gasteiger partial charge in [-0.05, 0) is 48.9 Å². The van der Waals surface area contributed by atoms with E-state index < -0.39 is 0 Å². The molecule has 6 nitrogen and oxygen atoms in total. The smallest absolute Gasteiger partial charge is 0.230 e. The Balaban J connectivity index is 1.59. The Hall–Kier alpha value is -2.58. The lowest BCUT2D eigenvalue weighted by Crippen LogP contribution is -2.28. The lowest BCUT2D eigenvalue weighted by atomic mass is 10.1. The highest BCUT2D eigenvalue weighted by Crippen LogP contribution is 2.22. The quantitative estimate of drug-likeness (QED) is 0.484. The minimum absolute atomic E-state index is 0.136. The van der Waals surface area contributed by atoms with Gasteiger partial charge in [0.1, 0.15) is 5.82 Å². The molecule has 3 rings (SSSR count). The molecule has 0 fully saturated rings. The summed E-state index contributed by atoms with van der Waals surface area (Å²) >= 11 is 7.04. The van der Waals surface area contributed by atoms with Gasteiger partial charge in [-0.1, -0.05) is 35.5 Å². The van der Waals surface area contributed by atoms with E-state index in [0.29, 0.717) is 21.6 Å². The first-order valence-corrected chi connectivity index (χ1v) is 9.44. The van der Waals surface area contributed by atoms with Crippen LogP contribution in [0.5, 0.6) is 0 Å². The van der Waals surface area contributed by atoms with Crippen molar-refractivity contribution >= 4 is 29.3 Å². The van der Waals surface area contributed by atoms with Gasteiger partial charge in [0.25, 0.3) is 0 Å². The molecule has 3 N–H and O–H groups in total. The van der Waals surface area contributed by atoms with Crippen LogP contribution in [0.3, 0.4) is 0 Å². The van der Waals surface area contributed by atoms with Crippen molar-refractivity contribution in [2.75, 3.05) is 11.6 Å². The number of nitrogens with zero attached hydrogens (tertiary/aromatic N) is 3. The number of thioether (sulfide) groups is 1. The highest BCUT2D eigenvalue weighted by molar-refractivity contribution is 7.99. The van der Waals surface area contributed by atoms with Gasteiger partial charge in [-0.2, -0.15) is 0 Å². The third-order valence-corrected chi connectivity index (χ3v) is 5.04. The highest BCUT2D eigenvalue weighted by Gasteiger charge is 2.15. The summed E-state index contributed by atoms with van der Waals surface area (Å²) in [4.78, 5) is 12.2. The average Bonchev–Trinajstić information content (AvgIpc) is 3.02. The molecule has 1 atom stereocenters. The van der Waals surface area contributed by atoms with E-state index in [2.05, 4.69) is 15.5 Å². The predicted molar refractivity (Wildman–Crippen MR) is 104 cm³/mol. The number of carbonyl (C=O) groups is 1. The Kier molecular flexibility index (Phi) is 5.98. The molecule has 1 amide bonds. The van der Waals surface area contributed by atoms with Crippen molar-refractivity contribution in [3.8, 4) is 11.4 Å². The lowest BCUT2D eigenvalue weighted by Gasteiger charge is -2.14. The summed E-state index contributed by atoms with van der Waals surface area (Å²) in [6.45, 7) is 1.89. The summed E-state index contributed by atoms with van der Waals surface area (Å²) in [5.74, 6) is 6.03. The van der Waals surface area contributed by atoms with E-state index in [1.54, 1.807) is 24.3 Å².